The second-order valence-electron chi connectivity index (χ2n) is 3.27. The quantitative estimate of drug-likeness (QED) is 0.606. The molecule has 0 saturated heterocycles. The fourth-order valence-corrected chi connectivity index (χ4v) is 1.40. The molecule has 1 heteroatoms. The number of aliphatic hydroxyl groups excluding tert-OH is 1. The molecule has 0 aromatic carbocycles. The third-order valence-electron chi connectivity index (χ3n) is 2.06. The summed E-state index contributed by atoms with van der Waals surface area (Å²) < 4.78 is 0. The molecule has 11 heavy (non-hydrogen) atoms. The van der Waals surface area contributed by atoms with Crippen LogP contribution in [0.3, 0.4) is 0 Å². The summed E-state index contributed by atoms with van der Waals surface area (Å²) >= 11 is 0. The van der Waals surface area contributed by atoms with Crippen molar-refractivity contribution in [2.24, 2.45) is 11.8 Å². The maximum absolute atomic E-state index is 9.04. The van der Waals surface area contributed by atoms with E-state index in [2.05, 4.69) is 12.0 Å². The zero-order chi connectivity index (χ0) is 8.27. The van der Waals surface area contributed by atoms with E-state index in [1.54, 1.807) is 6.08 Å². The first-order chi connectivity index (χ1) is 5.24. The molecule has 0 aromatic heterocycles. The summed E-state index contributed by atoms with van der Waals surface area (Å²) in [5.74, 6) is 3.79. The van der Waals surface area contributed by atoms with Crippen LogP contribution in [0, 0.1) is 24.2 Å². The lowest BCUT2D eigenvalue weighted by Crippen LogP contribution is -2.00. The van der Waals surface area contributed by atoms with Crippen LogP contribution in [-0.4, -0.2) is 11.2 Å². The summed E-state index contributed by atoms with van der Waals surface area (Å²) in [6, 6.07) is 0. The molecule has 1 fully saturated rings. The number of aliphatic hydroxyl groups is 1. The van der Waals surface area contributed by atoms with Crippen molar-refractivity contribution in [3.05, 3.63) is 12.2 Å². The first-order valence-corrected chi connectivity index (χ1v) is 4.05. The Morgan fingerprint density at radius 3 is 3.09 bits per heavy atom. The van der Waals surface area contributed by atoms with Gasteiger partial charge >= 0.3 is 0 Å². The largest absolute Gasteiger partial charge is 0.393 e. The van der Waals surface area contributed by atoms with Gasteiger partial charge in [-0.3, -0.25) is 0 Å². The first-order valence-electron chi connectivity index (χ1n) is 4.05. The zero-order valence-electron chi connectivity index (χ0n) is 6.83. The van der Waals surface area contributed by atoms with Gasteiger partial charge in [-0.2, -0.15) is 0 Å². The topological polar surface area (TPSA) is 20.2 Å². The molecule has 0 unspecified atom stereocenters. The van der Waals surface area contributed by atoms with E-state index in [0.717, 1.165) is 6.42 Å². The molecule has 0 radical (unpaired) electrons. The molecule has 0 aliphatic heterocycles. The van der Waals surface area contributed by atoms with E-state index in [9.17, 15) is 0 Å². The molecule has 0 bridgehead atoms. The summed E-state index contributed by atoms with van der Waals surface area (Å²) in [5, 5.41) is 9.04. The molecule has 0 spiro atoms. The van der Waals surface area contributed by atoms with E-state index in [0.29, 0.717) is 11.8 Å². The maximum Gasteiger partial charge on any atom is 0.0515 e. The van der Waals surface area contributed by atoms with Crippen molar-refractivity contribution < 1.29 is 5.11 Å². The van der Waals surface area contributed by atoms with E-state index in [1.807, 2.05) is 6.92 Å². The fourth-order valence-electron chi connectivity index (χ4n) is 1.40. The summed E-state index contributed by atoms with van der Waals surface area (Å²) in [6.07, 6.45) is 10.8. The van der Waals surface area contributed by atoms with Gasteiger partial charge in [-0.25, -0.2) is 0 Å². The molecular weight excluding hydrogens is 136 g/mol. The summed E-state index contributed by atoms with van der Waals surface area (Å²) in [7, 11) is 0. The van der Waals surface area contributed by atoms with E-state index in [1.165, 1.54) is 6.42 Å². The molecule has 3 atom stereocenters. The van der Waals surface area contributed by atoms with Crippen LogP contribution in [0.1, 0.15) is 19.8 Å². The lowest BCUT2D eigenvalue weighted by atomic mass is 10.1. The summed E-state index contributed by atoms with van der Waals surface area (Å²) in [5.41, 5.74) is 0. The third-order valence-corrected chi connectivity index (χ3v) is 2.06. The highest BCUT2D eigenvalue weighted by molar-refractivity contribution is 5.14. The van der Waals surface area contributed by atoms with Crippen molar-refractivity contribution in [3.63, 3.8) is 0 Å². The van der Waals surface area contributed by atoms with Gasteiger partial charge in [-0.05, 0) is 37.7 Å². The number of hydrogen-bond acceptors (Lipinski definition) is 1. The van der Waals surface area contributed by atoms with Crippen LogP contribution in [0.4, 0.5) is 0 Å². The molecule has 0 amide bonds. The Bertz CT molecular complexity index is 186. The average Bonchev–Trinajstić information content (AvgIpc) is 2.62. The number of hydrogen-bond donors (Lipinski definition) is 1. The molecule has 1 rings (SSSR count). The van der Waals surface area contributed by atoms with Crippen molar-refractivity contribution in [3.8, 4) is 12.3 Å². The smallest absolute Gasteiger partial charge is 0.0515 e. The molecule has 60 valence electrons. The van der Waals surface area contributed by atoms with Gasteiger partial charge in [0.15, 0.2) is 0 Å². The highest BCUT2D eigenvalue weighted by Gasteiger charge is 2.34. The Morgan fingerprint density at radius 1 is 1.82 bits per heavy atom. The second-order valence-corrected chi connectivity index (χ2v) is 3.27. The van der Waals surface area contributed by atoms with E-state index < -0.39 is 0 Å². The van der Waals surface area contributed by atoms with Crippen molar-refractivity contribution >= 4 is 0 Å². The van der Waals surface area contributed by atoms with Crippen molar-refractivity contribution in [2.45, 2.75) is 25.9 Å². The van der Waals surface area contributed by atoms with Gasteiger partial charge < -0.3 is 5.11 Å². The van der Waals surface area contributed by atoms with Crippen LogP contribution < -0.4 is 0 Å². The molecule has 1 aliphatic carbocycles. The Morgan fingerprint density at radius 2 is 2.55 bits per heavy atom. The predicted molar refractivity (Wildman–Crippen MR) is 45.9 cm³/mol. The lowest BCUT2D eigenvalue weighted by molar-refractivity contribution is 0.176. The highest BCUT2D eigenvalue weighted by atomic mass is 16.3. The molecular formula is C10H14O. The lowest BCUT2D eigenvalue weighted by Gasteiger charge is -1.99. The van der Waals surface area contributed by atoms with Gasteiger partial charge in [0.05, 0.1) is 6.10 Å². The zero-order valence-corrected chi connectivity index (χ0v) is 6.83. The fraction of sp³-hybridized carbons (Fsp3) is 0.600. The number of allylic oxidation sites excluding steroid dienone is 2. The molecule has 0 aromatic rings. The normalized spacial score (nSPS) is 31.7. The Labute approximate surface area is 68.1 Å². The molecule has 1 N–H and O–H groups in total. The van der Waals surface area contributed by atoms with Gasteiger partial charge in [0.1, 0.15) is 0 Å². The average molecular weight is 150 g/mol. The van der Waals surface area contributed by atoms with Crippen molar-refractivity contribution in [1.82, 2.24) is 0 Å². The minimum Gasteiger partial charge on any atom is -0.393 e. The minimum absolute atomic E-state index is 0.163. The highest BCUT2D eigenvalue weighted by Crippen LogP contribution is 2.42. The SMILES string of the molecule is C#C/C=C\[C@H]1C[C@@H]1C[C@@H](C)O. The number of rotatable bonds is 3. The summed E-state index contributed by atoms with van der Waals surface area (Å²) in [4.78, 5) is 0. The standard InChI is InChI=1S/C10H14O/c1-3-4-5-9-7-10(9)6-8(2)11/h1,4-5,8-11H,6-7H2,2H3/b5-4-/t8-,9+,10+/m1/s1. The molecule has 1 saturated carbocycles. The van der Waals surface area contributed by atoms with Crippen LogP contribution >= 0.6 is 0 Å². The second kappa shape index (κ2) is 3.59. The van der Waals surface area contributed by atoms with Crippen LogP contribution in [0.15, 0.2) is 12.2 Å². The van der Waals surface area contributed by atoms with Gasteiger partial charge in [0.2, 0.25) is 0 Å². The molecule has 0 heterocycles. The van der Waals surface area contributed by atoms with Crippen LogP contribution in [-0.2, 0) is 0 Å². The Balaban J connectivity index is 2.17. The maximum atomic E-state index is 9.04. The van der Waals surface area contributed by atoms with Gasteiger partial charge in [0.25, 0.3) is 0 Å². The predicted octanol–water partition coefficient (Wildman–Crippen LogP) is 1.58. The van der Waals surface area contributed by atoms with E-state index in [-0.39, 0.29) is 6.10 Å². The third kappa shape index (κ3) is 2.78. The summed E-state index contributed by atoms with van der Waals surface area (Å²) in [6.45, 7) is 1.83. The van der Waals surface area contributed by atoms with Crippen molar-refractivity contribution in [2.75, 3.05) is 0 Å². The van der Waals surface area contributed by atoms with Crippen LogP contribution in [0.2, 0.25) is 0 Å². The van der Waals surface area contributed by atoms with Crippen molar-refractivity contribution in [1.29, 1.82) is 0 Å². The van der Waals surface area contributed by atoms with Crippen LogP contribution in [0.25, 0.3) is 0 Å². The van der Waals surface area contributed by atoms with Crippen LogP contribution in [0.5, 0.6) is 0 Å². The van der Waals surface area contributed by atoms with E-state index in [4.69, 9.17) is 11.5 Å². The van der Waals surface area contributed by atoms with Gasteiger partial charge in [0, 0.05) is 0 Å². The van der Waals surface area contributed by atoms with Gasteiger partial charge in [-0.15, -0.1) is 6.42 Å². The monoisotopic (exact) mass is 150 g/mol. The minimum atomic E-state index is -0.163. The van der Waals surface area contributed by atoms with Gasteiger partial charge in [-0.1, -0.05) is 12.0 Å². The first kappa shape index (κ1) is 8.36. The Hall–Kier alpha value is -0.740. The Kier molecular flexibility index (Phi) is 2.73. The number of terminal acetylenes is 1. The van der Waals surface area contributed by atoms with E-state index >= 15 is 0 Å². The molecule has 1 aliphatic rings. The molecule has 1 nitrogen and oxygen atoms in total.